The maximum Gasteiger partial charge on any atom is 0.272 e. The maximum absolute atomic E-state index is 12.6. The van der Waals surface area contributed by atoms with Crippen LogP contribution in [-0.2, 0) is 11.8 Å². The first kappa shape index (κ1) is 15.5. The number of hydrogen-bond donors (Lipinski definition) is 0. The number of ether oxygens (including phenoxy) is 1. The number of morpholine rings is 1. The molecule has 0 spiro atoms. The van der Waals surface area contributed by atoms with E-state index in [4.69, 9.17) is 4.74 Å². The Bertz CT molecular complexity index is 680. The van der Waals surface area contributed by atoms with Crippen molar-refractivity contribution in [2.45, 2.75) is 6.10 Å². The Labute approximate surface area is 135 Å². The quantitative estimate of drug-likeness (QED) is 0.848. The van der Waals surface area contributed by atoms with E-state index in [1.165, 1.54) is 0 Å². The van der Waals surface area contributed by atoms with Crippen LogP contribution in [0.4, 0.5) is 5.69 Å². The van der Waals surface area contributed by atoms with Gasteiger partial charge in [0.15, 0.2) is 0 Å². The lowest BCUT2D eigenvalue weighted by Crippen LogP contribution is -2.43. The van der Waals surface area contributed by atoms with Gasteiger partial charge in [-0.2, -0.15) is 5.10 Å². The fourth-order valence-corrected chi connectivity index (χ4v) is 2.61. The van der Waals surface area contributed by atoms with E-state index < -0.39 is 0 Å². The monoisotopic (exact) mass is 315 g/mol. The summed E-state index contributed by atoms with van der Waals surface area (Å²) in [6.45, 7) is 1.58. The number of aryl methyl sites for hydroxylation is 1. The van der Waals surface area contributed by atoms with E-state index >= 15 is 0 Å². The molecule has 1 aliphatic rings. The van der Waals surface area contributed by atoms with Crippen LogP contribution in [0.2, 0.25) is 0 Å². The average molecular weight is 315 g/mol. The number of amides is 1. The van der Waals surface area contributed by atoms with Crippen LogP contribution in [0, 0.1) is 0 Å². The number of pyridine rings is 1. The van der Waals surface area contributed by atoms with Crippen LogP contribution in [0.5, 0.6) is 0 Å². The summed E-state index contributed by atoms with van der Waals surface area (Å²) in [5.41, 5.74) is 2.46. The summed E-state index contributed by atoms with van der Waals surface area (Å²) in [6.07, 6.45) is 3.25. The van der Waals surface area contributed by atoms with Crippen molar-refractivity contribution < 1.29 is 9.53 Å². The smallest absolute Gasteiger partial charge is 0.272 e. The average Bonchev–Trinajstić information content (AvgIpc) is 3.00. The molecule has 1 fully saturated rings. The standard InChI is InChI=1S/C16H21N5O2/c1-19(2)12-4-5-13(17-10-12)15-11-21(8-9-23-15)16(22)14-6-7-18-20(14)3/h4-7,10,15H,8-9,11H2,1-3H3/t15-/m1/s1. The van der Waals surface area contributed by atoms with Gasteiger partial charge in [0.2, 0.25) is 0 Å². The molecule has 0 radical (unpaired) electrons. The number of nitrogens with zero attached hydrogens (tertiary/aromatic N) is 5. The van der Waals surface area contributed by atoms with Crippen molar-refractivity contribution in [3.8, 4) is 0 Å². The summed E-state index contributed by atoms with van der Waals surface area (Å²) >= 11 is 0. The zero-order valence-electron chi connectivity index (χ0n) is 13.6. The third kappa shape index (κ3) is 3.19. The van der Waals surface area contributed by atoms with Crippen molar-refractivity contribution in [3.05, 3.63) is 42.0 Å². The van der Waals surface area contributed by atoms with E-state index in [1.807, 2.05) is 37.3 Å². The highest BCUT2D eigenvalue weighted by molar-refractivity contribution is 5.92. The van der Waals surface area contributed by atoms with Crippen LogP contribution in [-0.4, -0.2) is 59.4 Å². The normalized spacial score (nSPS) is 18.0. The molecule has 2 aromatic heterocycles. The van der Waals surface area contributed by atoms with Crippen LogP contribution in [0.25, 0.3) is 0 Å². The molecule has 3 rings (SSSR count). The summed E-state index contributed by atoms with van der Waals surface area (Å²) in [5, 5.41) is 4.06. The highest BCUT2D eigenvalue weighted by Gasteiger charge is 2.28. The minimum Gasteiger partial charge on any atom is -0.376 e. The fourth-order valence-electron chi connectivity index (χ4n) is 2.61. The Kier molecular flexibility index (Phi) is 4.29. The van der Waals surface area contributed by atoms with Crippen molar-refractivity contribution in [3.63, 3.8) is 0 Å². The SMILES string of the molecule is CN(C)c1ccc([C@H]2CN(C(=O)c3ccnn3C)CCO2)nc1. The number of rotatable bonds is 3. The summed E-state index contributed by atoms with van der Waals surface area (Å²) in [5.74, 6) is -0.0248. The zero-order valence-corrected chi connectivity index (χ0v) is 13.6. The molecule has 1 saturated heterocycles. The molecule has 0 bridgehead atoms. The van der Waals surface area contributed by atoms with Gasteiger partial charge >= 0.3 is 0 Å². The van der Waals surface area contributed by atoms with Crippen molar-refractivity contribution in [2.75, 3.05) is 38.7 Å². The van der Waals surface area contributed by atoms with Crippen molar-refractivity contribution in [1.29, 1.82) is 0 Å². The summed E-state index contributed by atoms with van der Waals surface area (Å²) in [6, 6.07) is 5.70. The third-order valence-corrected chi connectivity index (χ3v) is 4.01. The van der Waals surface area contributed by atoms with Crippen LogP contribution >= 0.6 is 0 Å². The molecule has 1 amide bonds. The Balaban J connectivity index is 1.73. The second-order valence-electron chi connectivity index (χ2n) is 5.79. The van der Waals surface area contributed by atoms with Gasteiger partial charge in [-0.1, -0.05) is 0 Å². The van der Waals surface area contributed by atoms with Crippen LogP contribution in [0.3, 0.4) is 0 Å². The number of carbonyl (C=O) groups is 1. The minimum absolute atomic E-state index is 0.0248. The van der Waals surface area contributed by atoms with Crippen molar-refractivity contribution >= 4 is 11.6 Å². The largest absolute Gasteiger partial charge is 0.376 e. The van der Waals surface area contributed by atoms with Gasteiger partial charge in [-0.15, -0.1) is 0 Å². The molecule has 0 N–H and O–H groups in total. The van der Waals surface area contributed by atoms with Gasteiger partial charge in [0.05, 0.1) is 30.7 Å². The molecule has 0 aromatic carbocycles. The molecular weight excluding hydrogens is 294 g/mol. The highest BCUT2D eigenvalue weighted by atomic mass is 16.5. The first-order valence-corrected chi connectivity index (χ1v) is 7.58. The second-order valence-corrected chi connectivity index (χ2v) is 5.79. The Morgan fingerprint density at radius 1 is 1.35 bits per heavy atom. The van der Waals surface area contributed by atoms with Crippen LogP contribution in [0.15, 0.2) is 30.6 Å². The van der Waals surface area contributed by atoms with E-state index in [-0.39, 0.29) is 12.0 Å². The van der Waals surface area contributed by atoms with Crippen molar-refractivity contribution in [2.24, 2.45) is 7.05 Å². The van der Waals surface area contributed by atoms with E-state index in [0.717, 1.165) is 11.4 Å². The molecule has 122 valence electrons. The van der Waals surface area contributed by atoms with Gasteiger partial charge in [0, 0.05) is 33.9 Å². The first-order valence-electron chi connectivity index (χ1n) is 7.58. The van der Waals surface area contributed by atoms with Gasteiger partial charge in [-0.3, -0.25) is 14.5 Å². The van der Waals surface area contributed by atoms with Gasteiger partial charge in [-0.25, -0.2) is 0 Å². The van der Waals surface area contributed by atoms with Crippen molar-refractivity contribution in [1.82, 2.24) is 19.7 Å². The lowest BCUT2D eigenvalue weighted by atomic mass is 10.1. The predicted octanol–water partition coefficient (Wildman–Crippen LogP) is 1.09. The van der Waals surface area contributed by atoms with Gasteiger partial charge < -0.3 is 14.5 Å². The molecule has 23 heavy (non-hydrogen) atoms. The molecule has 1 atom stereocenters. The molecule has 7 heteroatoms. The predicted molar refractivity (Wildman–Crippen MR) is 86.4 cm³/mol. The zero-order chi connectivity index (χ0) is 16.4. The molecular formula is C16H21N5O2. The maximum atomic E-state index is 12.6. The Morgan fingerprint density at radius 2 is 2.17 bits per heavy atom. The summed E-state index contributed by atoms with van der Waals surface area (Å²) in [7, 11) is 5.72. The molecule has 3 heterocycles. The summed E-state index contributed by atoms with van der Waals surface area (Å²) in [4.78, 5) is 20.9. The number of aromatic nitrogens is 3. The lowest BCUT2D eigenvalue weighted by molar-refractivity contribution is -0.0250. The summed E-state index contributed by atoms with van der Waals surface area (Å²) < 4.78 is 7.39. The third-order valence-electron chi connectivity index (χ3n) is 4.01. The van der Waals surface area contributed by atoms with Crippen LogP contribution in [0.1, 0.15) is 22.3 Å². The van der Waals surface area contributed by atoms with Crippen LogP contribution < -0.4 is 4.90 Å². The number of carbonyl (C=O) groups excluding carboxylic acids is 1. The van der Waals surface area contributed by atoms with E-state index in [0.29, 0.717) is 25.4 Å². The molecule has 0 aliphatic carbocycles. The van der Waals surface area contributed by atoms with Gasteiger partial charge in [0.1, 0.15) is 11.8 Å². The molecule has 1 aliphatic heterocycles. The highest BCUT2D eigenvalue weighted by Crippen LogP contribution is 2.23. The Morgan fingerprint density at radius 3 is 2.78 bits per heavy atom. The van der Waals surface area contributed by atoms with E-state index in [1.54, 1.807) is 28.9 Å². The van der Waals surface area contributed by atoms with Gasteiger partial charge in [-0.05, 0) is 18.2 Å². The molecule has 7 nitrogen and oxygen atoms in total. The minimum atomic E-state index is -0.197. The second kappa shape index (κ2) is 6.37. The van der Waals surface area contributed by atoms with Gasteiger partial charge in [0.25, 0.3) is 5.91 Å². The topological polar surface area (TPSA) is 63.5 Å². The number of hydrogen-bond acceptors (Lipinski definition) is 5. The number of anilines is 1. The van der Waals surface area contributed by atoms with E-state index in [2.05, 4.69) is 10.1 Å². The van der Waals surface area contributed by atoms with E-state index in [9.17, 15) is 4.79 Å². The molecule has 0 saturated carbocycles. The molecule has 0 unspecified atom stereocenters. The first-order chi connectivity index (χ1) is 11.1. The fraction of sp³-hybridized carbons (Fsp3) is 0.438. The molecule has 2 aromatic rings. The lowest BCUT2D eigenvalue weighted by Gasteiger charge is -2.32. The Hall–Kier alpha value is -2.41.